The van der Waals surface area contributed by atoms with Gasteiger partial charge in [0.2, 0.25) is 5.82 Å². The topological polar surface area (TPSA) is 63.1 Å². The first-order valence-electron chi connectivity index (χ1n) is 5.11. The maximum Gasteiger partial charge on any atom is 0.373 e. The van der Waals surface area contributed by atoms with Gasteiger partial charge in [-0.1, -0.05) is 0 Å². The van der Waals surface area contributed by atoms with Crippen molar-refractivity contribution in [1.82, 2.24) is 9.97 Å². The van der Waals surface area contributed by atoms with Crippen molar-refractivity contribution in [3.8, 4) is 11.3 Å². The zero-order valence-corrected chi connectivity index (χ0v) is 10.7. The summed E-state index contributed by atoms with van der Waals surface area (Å²) in [4.78, 5) is 18.5. The summed E-state index contributed by atoms with van der Waals surface area (Å²) in [6.07, 6.45) is 1.42. The van der Waals surface area contributed by atoms with Crippen molar-refractivity contribution in [2.24, 2.45) is 0 Å². The molecule has 1 unspecified atom stereocenters. The molecule has 1 aromatic carbocycles. The molecule has 0 aliphatic rings. The number of aromatic nitrogens is 2. The lowest BCUT2D eigenvalue weighted by molar-refractivity contribution is 0.0683. The highest BCUT2D eigenvalue weighted by atomic mass is 31.0. The number of halogens is 1. The molecule has 4 nitrogen and oxygen atoms in total. The minimum absolute atomic E-state index is 0.278. The molecule has 6 heteroatoms. The summed E-state index contributed by atoms with van der Waals surface area (Å²) in [6, 6.07) is 4.27. The molecule has 0 saturated heterocycles. The third kappa shape index (κ3) is 2.36. The van der Waals surface area contributed by atoms with Crippen LogP contribution in [0.4, 0.5) is 4.39 Å². The number of aryl methyl sites for hydroxylation is 1. The van der Waals surface area contributed by atoms with E-state index in [4.69, 9.17) is 5.11 Å². The van der Waals surface area contributed by atoms with Crippen molar-refractivity contribution in [1.29, 1.82) is 0 Å². The number of carboxylic acids is 1. The van der Waals surface area contributed by atoms with Crippen LogP contribution in [-0.2, 0) is 0 Å². The minimum atomic E-state index is -1.19. The largest absolute Gasteiger partial charge is 0.475 e. The fourth-order valence-corrected chi connectivity index (χ4v) is 1.90. The molecule has 0 amide bonds. The summed E-state index contributed by atoms with van der Waals surface area (Å²) in [5.74, 6) is -1.81. The number of hydrogen-bond acceptors (Lipinski definition) is 3. The highest BCUT2D eigenvalue weighted by Gasteiger charge is 2.13. The summed E-state index contributed by atoms with van der Waals surface area (Å²) >= 11 is 0. The predicted molar refractivity (Wildman–Crippen MR) is 68.5 cm³/mol. The first-order chi connectivity index (χ1) is 8.49. The Morgan fingerprint density at radius 3 is 2.78 bits per heavy atom. The summed E-state index contributed by atoms with van der Waals surface area (Å²) < 4.78 is 13.0. The Morgan fingerprint density at radius 1 is 1.44 bits per heavy atom. The van der Waals surface area contributed by atoms with Crippen LogP contribution < -0.4 is 5.30 Å². The molecule has 1 aromatic heterocycles. The Hall–Kier alpha value is -1.87. The number of carboxylic acid groups (broad SMARTS) is 1. The van der Waals surface area contributed by atoms with E-state index < -0.39 is 5.97 Å². The molecule has 1 atom stereocenters. The second-order valence-electron chi connectivity index (χ2n) is 3.76. The van der Waals surface area contributed by atoms with Crippen LogP contribution in [0.3, 0.4) is 0 Å². The van der Waals surface area contributed by atoms with E-state index in [1.54, 1.807) is 13.0 Å². The number of nitrogens with zero attached hydrogens (tertiary/aromatic N) is 2. The van der Waals surface area contributed by atoms with Crippen LogP contribution in [0.5, 0.6) is 0 Å². The van der Waals surface area contributed by atoms with E-state index in [0.29, 0.717) is 22.1 Å². The van der Waals surface area contributed by atoms with Crippen molar-refractivity contribution in [2.45, 2.75) is 6.92 Å². The van der Waals surface area contributed by atoms with Crippen LogP contribution in [0.2, 0.25) is 0 Å². The first-order valence-corrected chi connectivity index (χ1v) is 5.69. The molecule has 0 aliphatic carbocycles. The van der Waals surface area contributed by atoms with Crippen molar-refractivity contribution >= 4 is 20.5 Å². The molecule has 0 spiro atoms. The molecule has 1 heterocycles. The van der Waals surface area contributed by atoms with Gasteiger partial charge in [-0.15, -0.1) is 9.24 Å². The van der Waals surface area contributed by atoms with Gasteiger partial charge in [-0.25, -0.2) is 19.2 Å². The monoisotopic (exact) mass is 264 g/mol. The van der Waals surface area contributed by atoms with Gasteiger partial charge in [0.15, 0.2) is 0 Å². The van der Waals surface area contributed by atoms with Crippen LogP contribution in [0.15, 0.2) is 24.4 Å². The zero-order chi connectivity index (χ0) is 13.3. The molecule has 2 aromatic rings. The van der Waals surface area contributed by atoms with E-state index in [1.807, 2.05) is 0 Å². The van der Waals surface area contributed by atoms with E-state index in [1.165, 1.54) is 18.3 Å². The fourth-order valence-electron chi connectivity index (χ4n) is 1.60. The third-order valence-corrected chi connectivity index (χ3v) is 2.87. The van der Waals surface area contributed by atoms with Crippen molar-refractivity contribution in [2.75, 3.05) is 0 Å². The second-order valence-corrected chi connectivity index (χ2v) is 4.38. The van der Waals surface area contributed by atoms with E-state index in [2.05, 4.69) is 19.2 Å². The average Bonchev–Trinajstić information content (AvgIpc) is 2.30. The number of benzene rings is 1. The number of hydrogen-bond donors (Lipinski definition) is 1. The van der Waals surface area contributed by atoms with Gasteiger partial charge in [-0.05, 0) is 30.7 Å². The molecule has 92 valence electrons. The van der Waals surface area contributed by atoms with Crippen LogP contribution in [-0.4, -0.2) is 21.0 Å². The van der Waals surface area contributed by atoms with Crippen LogP contribution >= 0.6 is 9.24 Å². The Balaban J connectivity index is 2.62. The minimum Gasteiger partial charge on any atom is -0.475 e. The van der Waals surface area contributed by atoms with Gasteiger partial charge in [0.1, 0.15) is 5.82 Å². The predicted octanol–water partition coefficient (Wildman–Crippen LogP) is 1.79. The van der Waals surface area contributed by atoms with E-state index in [0.717, 1.165) is 0 Å². The van der Waals surface area contributed by atoms with Gasteiger partial charge in [-0.3, -0.25) is 0 Å². The summed E-state index contributed by atoms with van der Waals surface area (Å²) in [5.41, 5.74) is 1.85. The standard InChI is InChI=1S/C12H10FN2O2P/c1-6-4-7(13)2-3-8(6)10-9(18)5-14-11(15-10)12(16)17/h2-5H,18H2,1H3,(H,16,17). The zero-order valence-electron chi connectivity index (χ0n) is 9.51. The van der Waals surface area contributed by atoms with Gasteiger partial charge >= 0.3 is 5.97 Å². The second kappa shape index (κ2) is 4.78. The van der Waals surface area contributed by atoms with Gasteiger partial charge in [0.05, 0.1) is 5.69 Å². The molecule has 0 aliphatic heterocycles. The van der Waals surface area contributed by atoms with Crippen LogP contribution in [0.1, 0.15) is 16.2 Å². The van der Waals surface area contributed by atoms with Crippen LogP contribution in [0, 0.1) is 12.7 Å². The molecule has 2 rings (SSSR count). The number of rotatable bonds is 2. The Bertz CT molecular complexity index is 631. The van der Waals surface area contributed by atoms with E-state index in [-0.39, 0.29) is 11.6 Å². The normalized spacial score (nSPS) is 10.4. The van der Waals surface area contributed by atoms with Gasteiger partial charge in [0, 0.05) is 17.1 Å². The SMILES string of the molecule is Cc1cc(F)ccc1-c1nc(C(=O)O)ncc1P. The highest BCUT2D eigenvalue weighted by molar-refractivity contribution is 7.27. The number of carbonyl (C=O) groups is 1. The fraction of sp³-hybridized carbons (Fsp3) is 0.0833. The lowest BCUT2D eigenvalue weighted by Gasteiger charge is -2.08. The lowest BCUT2D eigenvalue weighted by Crippen LogP contribution is -2.11. The van der Waals surface area contributed by atoms with Crippen molar-refractivity contribution in [3.05, 3.63) is 41.6 Å². The maximum atomic E-state index is 13.0. The van der Waals surface area contributed by atoms with Crippen LogP contribution in [0.25, 0.3) is 11.3 Å². The molecule has 0 fully saturated rings. The smallest absolute Gasteiger partial charge is 0.373 e. The Kier molecular flexibility index (Phi) is 3.34. The molecule has 0 bridgehead atoms. The molecule has 0 radical (unpaired) electrons. The van der Waals surface area contributed by atoms with Gasteiger partial charge < -0.3 is 5.11 Å². The molecule has 0 saturated carbocycles. The highest BCUT2D eigenvalue weighted by Crippen LogP contribution is 2.22. The lowest BCUT2D eigenvalue weighted by atomic mass is 10.1. The van der Waals surface area contributed by atoms with Crippen molar-refractivity contribution < 1.29 is 14.3 Å². The van der Waals surface area contributed by atoms with E-state index >= 15 is 0 Å². The van der Waals surface area contributed by atoms with Crippen molar-refractivity contribution in [3.63, 3.8) is 0 Å². The molecular formula is C12H10FN2O2P. The van der Waals surface area contributed by atoms with Gasteiger partial charge in [-0.2, -0.15) is 0 Å². The Labute approximate surface area is 105 Å². The number of aromatic carboxylic acids is 1. The third-order valence-electron chi connectivity index (χ3n) is 2.45. The molecule has 18 heavy (non-hydrogen) atoms. The quantitative estimate of drug-likeness (QED) is 0.840. The van der Waals surface area contributed by atoms with Gasteiger partial charge in [0.25, 0.3) is 0 Å². The average molecular weight is 264 g/mol. The maximum absolute atomic E-state index is 13.0. The first kappa shape index (κ1) is 12.6. The summed E-state index contributed by atoms with van der Waals surface area (Å²) in [7, 11) is 2.44. The molecule has 1 N–H and O–H groups in total. The summed E-state index contributed by atoms with van der Waals surface area (Å²) in [6.45, 7) is 1.74. The molecular weight excluding hydrogens is 254 g/mol. The summed E-state index contributed by atoms with van der Waals surface area (Å²) in [5, 5.41) is 9.53. The van der Waals surface area contributed by atoms with E-state index in [9.17, 15) is 9.18 Å². The Morgan fingerprint density at radius 2 is 2.17 bits per heavy atom.